The number of nitrogens with zero attached hydrogens (tertiary/aromatic N) is 4. The van der Waals surface area contributed by atoms with Crippen molar-refractivity contribution in [1.29, 1.82) is 0 Å². The molecular weight excluding hydrogens is 386 g/mol. The molecular formula is C19H22F2N4O2S. The van der Waals surface area contributed by atoms with Crippen LogP contribution in [0.15, 0.2) is 18.2 Å². The van der Waals surface area contributed by atoms with Gasteiger partial charge in [0.05, 0.1) is 12.2 Å². The van der Waals surface area contributed by atoms with Crippen LogP contribution in [0.3, 0.4) is 0 Å². The van der Waals surface area contributed by atoms with Crippen LogP contribution in [0.5, 0.6) is 0 Å². The van der Waals surface area contributed by atoms with Gasteiger partial charge in [-0.15, -0.1) is 11.3 Å². The lowest BCUT2D eigenvalue weighted by Crippen LogP contribution is -2.48. The molecule has 0 spiro atoms. The van der Waals surface area contributed by atoms with E-state index in [-0.39, 0.29) is 5.91 Å². The van der Waals surface area contributed by atoms with Crippen LogP contribution in [0.25, 0.3) is 0 Å². The standard InChI is InChI=1S/C19H22F2N4O2S/c1-12-17(19(27)23(2)3)28-15(22-12)11-24-7-9-25(10-8-24)18(26)16-13(20)5-4-6-14(16)21/h4-6H,7-11H2,1-3H3. The number of benzene rings is 1. The van der Waals surface area contributed by atoms with Gasteiger partial charge in [0.15, 0.2) is 0 Å². The summed E-state index contributed by atoms with van der Waals surface area (Å²) in [6, 6.07) is 3.42. The fourth-order valence-electron chi connectivity index (χ4n) is 3.08. The van der Waals surface area contributed by atoms with Gasteiger partial charge in [0, 0.05) is 40.3 Å². The molecule has 6 nitrogen and oxygen atoms in total. The monoisotopic (exact) mass is 408 g/mol. The van der Waals surface area contributed by atoms with E-state index in [0.717, 1.165) is 17.1 Å². The van der Waals surface area contributed by atoms with E-state index >= 15 is 0 Å². The van der Waals surface area contributed by atoms with Gasteiger partial charge in [-0.2, -0.15) is 0 Å². The minimum Gasteiger partial charge on any atom is -0.344 e. The maximum Gasteiger partial charge on any atom is 0.265 e. The highest BCUT2D eigenvalue weighted by Gasteiger charge is 2.27. The molecule has 9 heteroatoms. The van der Waals surface area contributed by atoms with Crippen LogP contribution in [0.2, 0.25) is 0 Å². The van der Waals surface area contributed by atoms with Crippen LogP contribution >= 0.6 is 11.3 Å². The number of halogens is 2. The molecule has 1 saturated heterocycles. The number of aryl methyl sites for hydroxylation is 1. The van der Waals surface area contributed by atoms with Crippen LogP contribution in [0.1, 0.15) is 30.7 Å². The number of carbonyl (C=O) groups is 2. The van der Waals surface area contributed by atoms with E-state index in [2.05, 4.69) is 9.88 Å². The van der Waals surface area contributed by atoms with Crippen LogP contribution < -0.4 is 0 Å². The van der Waals surface area contributed by atoms with Crippen molar-refractivity contribution in [2.24, 2.45) is 0 Å². The third-order valence-electron chi connectivity index (χ3n) is 4.64. The van der Waals surface area contributed by atoms with Crippen LogP contribution in [0, 0.1) is 18.6 Å². The minimum atomic E-state index is -0.844. The summed E-state index contributed by atoms with van der Waals surface area (Å²) in [7, 11) is 3.41. The fourth-order valence-corrected chi connectivity index (χ4v) is 4.21. The van der Waals surface area contributed by atoms with Crippen molar-refractivity contribution in [3.8, 4) is 0 Å². The second-order valence-corrected chi connectivity index (χ2v) is 7.97. The number of aromatic nitrogens is 1. The van der Waals surface area contributed by atoms with Crippen molar-refractivity contribution in [3.63, 3.8) is 0 Å². The van der Waals surface area contributed by atoms with Crippen molar-refractivity contribution in [3.05, 3.63) is 51.0 Å². The molecule has 28 heavy (non-hydrogen) atoms. The molecule has 0 saturated carbocycles. The number of rotatable bonds is 4. The van der Waals surface area contributed by atoms with Gasteiger partial charge in [-0.25, -0.2) is 13.8 Å². The van der Waals surface area contributed by atoms with Crippen LogP contribution in [-0.2, 0) is 6.54 Å². The number of thiazole rings is 1. The van der Waals surface area contributed by atoms with Crippen molar-refractivity contribution >= 4 is 23.2 Å². The molecule has 2 aromatic rings. The van der Waals surface area contributed by atoms with Crippen molar-refractivity contribution in [1.82, 2.24) is 19.7 Å². The molecule has 0 aliphatic carbocycles. The zero-order valence-electron chi connectivity index (χ0n) is 16.0. The normalized spacial score (nSPS) is 15.0. The Hall–Kier alpha value is -2.39. The van der Waals surface area contributed by atoms with E-state index in [1.165, 1.54) is 27.2 Å². The molecule has 0 unspecified atom stereocenters. The van der Waals surface area contributed by atoms with E-state index in [1.54, 1.807) is 14.1 Å². The molecule has 1 fully saturated rings. The van der Waals surface area contributed by atoms with Gasteiger partial charge >= 0.3 is 0 Å². The number of hydrogen-bond acceptors (Lipinski definition) is 5. The third kappa shape index (κ3) is 4.20. The van der Waals surface area contributed by atoms with E-state index in [4.69, 9.17) is 0 Å². The minimum absolute atomic E-state index is 0.0661. The highest BCUT2D eigenvalue weighted by molar-refractivity contribution is 7.13. The Kier molecular flexibility index (Phi) is 6.04. The zero-order chi connectivity index (χ0) is 20.4. The average Bonchev–Trinajstić information content (AvgIpc) is 3.01. The molecule has 3 rings (SSSR count). The first-order valence-electron chi connectivity index (χ1n) is 8.91. The summed E-state index contributed by atoms with van der Waals surface area (Å²) in [5, 5.41) is 0.836. The third-order valence-corrected chi connectivity index (χ3v) is 5.77. The Labute approximate surface area is 166 Å². The number of amides is 2. The highest BCUT2D eigenvalue weighted by atomic mass is 32.1. The van der Waals surface area contributed by atoms with Crippen molar-refractivity contribution < 1.29 is 18.4 Å². The number of piperazine rings is 1. The van der Waals surface area contributed by atoms with Gasteiger partial charge in [0.2, 0.25) is 0 Å². The zero-order valence-corrected chi connectivity index (χ0v) is 16.9. The summed E-state index contributed by atoms with van der Waals surface area (Å²) in [5.74, 6) is -2.38. The Balaban J connectivity index is 1.61. The molecule has 1 aromatic carbocycles. The topological polar surface area (TPSA) is 56.8 Å². The summed E-state index contributed by atoms with van der Waals surface area (Å²) in [6.45, 7) is 4.27. The average molecular weight is 408 g/mol. The quantitative estimate of drug-likeness (QED) is 0.780. The van der Waals surface area contributed by atoms with Crippen molar-refractivity contribution in [2.75, 3.05) is 40.3 Å². The Morgan fingerprint density at radius 2 is 1.75 bits per heavy atom. The molecule has 2 amide bonds. The summed E-state index contributed by atoms with van der Waals surface area (Å²) >= 11 is 1.37. The van der Waals surface area contributed by atoms with E-state index in [1.807, 2.05) is 6.92 Å². The second-order valence-electron chi connectivity index (χ2n) is 6.89. The van der Waals surface area contributed by atoms with Gasteiger partial charge in [-0.3, -0.25) is 14.5 Å². The Morgan fingerprint density at radius 1 is 1.14 bits per heavy atom. The van der Waals surface area contributed by atoms with Gasteiger partial charge < -0.3 is 9.80 Å². The molecule has 1 aliphatic heterocycles. The summed E-state index contributed by atoms with van der Waals surface area (Å²) in [5.41, 5.74) is 0.209. The smallest absolute Gasteiger partial charge is 0.265 e. The maximum absolute atomic E-state index is 13.8. The van der Waals surface area contributed by atoms with Gasteiger partial charge in [0.1, 0.15) is 27.1 Å². The highest BCUT2D eigenvalue weighted by Crippen LogP contribution is 2.22. The van der Waals surface area contributed by atoms with Crippen LogP contribution in [0.4, 0.5) is 8.78 Å². The molecule has 0 atom stereocenters. The Morgan fingerprint density at radius 3 is 2.32 bits per heavy atom. The molecule has 150 valence electrons. The van der Waals surface area contributed by atoms with E-state index < -0.39 is 23.1 Å². The first kappa shape index (κ1) is 20.3. The van der Waals surface area contributed by atoms with Gasteiger partial charge in [-0.1, -0.05) is 6.07 Å². The van der Waals surface area contributed by atoms with E-state index in [9.17, 15) is 18.4 Å². The van der Waals surface area contributed by atoms with Gasteiger partial charge in [-0.05, 0) is 19.1 Å². The first-order chi connectivity index (χ1) is 13.3. The van der Waals surface area contributed by atoms with Crippen LogP contribution in [-0.4, -0.2) is 71.8 Å². The lowest BCUT2D eigenvalue weighted by molar-refractivity contribution is 0.0618. The second kappa shape index (κ2) is 8.32. The molecule has 2 heterocycles. The number of hydrogen-bond donors (Lipinski definition) is 0. The molecule has 1 aromatic heterocycles. The molecule has 0 bridgehead atoms. The number of carbonyl (C=O) groups excluding carboxylic acids is 2. The lowest BCUT2D eigenvalue weighted by Gasteiger charge is -2.34. The van der Waals surface area contributed by atoms with Gasteiger partial charge in [0.25, 0.3) is 11.8 Å². The maximum atomic E-state index is 13.8. The first-order valence-corrected chi connectivity index (χ1v) is 9.73. The predicted octanol–water partition coefficient (Wildman–Crippen LogP) is 2.39. The molecule has 1 aliphatic rings. The van der Waals surface area contributed by atoms with E-state index in [0.29, 0.717) is 43.3 Å². The summed E-state index contributed by atoms with van der Waals surface area (Å²) in [6.07, 6.45) is 0. The fraction of sp³-hybridized carbons (Fsp3) is 0.421. The SMILES string of the molecule is Cc1nc(CN2CCN(C(=O)c3c(F)cccc3F)CC2)sc1C(=O)N(C)C. The lowest BCUT2D eigenvalue weighted by atomic mass is 10.1. The molecule has 0 radical (unpaired) electrons. The summed E-state index contributed by atoms with van der Waals surface area (Å²) in [4.78, 5) is 34.8. The summed E-state index contributed by atoms with van der Waals surface area (Å²) < 4.78 is 27.7. The largest absolute Gasteiger partial charge is 0.344 e. The molecule has 0 N–H and O–H groups in total. The van der Waals surface area contributed by atoms with Crippen molar-refractivity contribution in [2.45, 2.75) is 13.5 Å². The Bertz CT molecular complexity index is 872. The predicted molar refractivity (Wildman–Crippen MR) is 102 cm³/mol.